The predicted octanol–water partition coefficient (Wildman–Crippen LogP) is 2.20. The number of hydrogen-bond donors (Lipinski definition) is 3. The van der Waals surface area contributed by atoms with Crippen LogP contribution in [0, 0.1) is 0 Å². The molecule has 0 saturated heterocycles. The van der Waals surface area contributed by atoms with Gasteiger partial charge in [-0.3, -0.25) is 9.59 Å². The number of amides is 2. The van der Waals surface area contributed by atoms with Gasteiger partial charge in [-0.25, -0.2) is 13.6 Å². The van der Waals surface area contributed by atoms with Gasteiger partial charge in [0.15, 0.2) is 0 Å². The topological polar surface area (TPSA) is 118 Å². The molecule has 9 heteroatoms. The average molecular weight is 368 g/mol. The fourth-order valence-corrected chi connectivity index (χ4v) is 2.64. The summed E-state index contributed by atoms with van der Waals surface area (Å²) in [7, 11) is -3.94. The molecule has 126 valence electrons. The lowest BCUT2D eigenvalue weighted by atomic mass is 10.2. The molecular formula is C15H14ClN3O4S. The van der Waals surface area contributed by atoms with E-state index in [1.54, 1.807) is 24.3 Å². The Morgan fingerprint density at radius 2 is 1.54 bits per heavy atom. The number of carbonyl (C=O) groups is 2. The largest absolute Gasteiger partial charge is 0.326 e. The first-order chi connectivity index (χ1) is 11.2. The first kappa shape index (κ1) is 17.9. The highest BCUT2D eigenvalue weighted by Crippen LogP contribution is 2.22. The van der Waals surface area contributed by atoms with Crippen LogP contribution in [-0.4, -0.2) is 20.2 Å². The Bertz CT molecular complexity index is 895. The fourth-order valence-electron chi connectivity index (χ4n) is 1.89. The molecule has 0 spiro atoms. The first-order valence-electron chi connectivity index (χ1n) is 6.68. The zero-order valence-corrected chi connectivity index (χ0v) is 14.1. The number of nitrogens with one attached hydrogen (secondary N) is 2. The normalized spacial score (nSPS) is 11.0. The summed E-state index contributed by atoms with van der Waals surface area (Å²) < 4.78 is 22.7. The zero-order chi connectivity index (χ0) is 17.9. The Labute approximate surface area is 143 Å². The number of primary sulfonamides is 1. The van der Waals surface area contributed by atoms with Gasteiger partial charge in [0, 0.05) is 18.3 Å². The molecule has 2 aromatic carbocycles. The lowest BCUT2D eigenvalue weighted by Gasteiger charge is -2.09. The van der Waals surface area contributed by atoms with Crippen LogP contribution in [0.5, 0.6) is 0 Å². The second kappa shape index (κ2) is 7.00. The van der Waals surface area contributed by atoms with Crippen LogP contribution in [0.1, 0.15) is 17.3 Å². The highest BCUT2D eigenvalue weighted by atomic mass is 35.5. The van der Waals surface area contributed by atoms with Gasteiger partial charge >= 0.3 is 0 Å². The van der Waals surface area contributed by atoms with E-state index in [9.17, 15) is 18.0 Å². The number of anilines is 2. The molecule has 2 amide bonds. The summed E-state index contributed by atoms with van der Waals surface area (Å²) in [5.74, 6) is -0.795. The van der Waals surface area contributed by atoms with Gasteiger partial charge in [0.1, 0.15) is 0 Å². The quantitative estimate of drug-likeness (QED) is 0.767. The van der Waals surface area contributed by atoms with Gasteiger partial charge in [-0.15, -0.1) is 0 Å². The van der Waals surface area contributed by atoms with Gasteiger partial charge in [0.2, 0.25) is 15.9 Å². The highest BCUT2D eigenvalue weighted by Gasteiger charge is 2.16. The third-order valence-electron chi connectivity index (χ3n) is 2.97. The van der Waals surface area contributed by atoms with Gasteiger partial charge in [0.25, 0.3) is 5.91 Å². The highest BCUT2D eigenvalue weighted by molar-refractivity contribution is 7.89. The second-order valence-electron chi connectivity index (χ2n) is 4.90. The molecule has 0 aliphatic heterocycles. The van der Waals surface area contributed by atoms with Gasteiger partial charge in [0.05, 0.1) is 15.5 Å². The Hall–Kier alpha value is -2.42. The third-order valence-corrected chi connectivity index (χ3v) is 4.21. The maximum absolute atomic E-state index is 12.3. The Kier molecular flexibility index (Phi) is 5.23. The van der Waals surface area contributed by atoms with Gasteiger partial charge in [-0.2, -0.15) is 0 Å². The SMILES string of the molecule is CC(=O)Nc1ccc(NC(=O)c2cc(S(N)(=O)=O)ccc2Cl)cc1. The van der Waals surface area contributed by atoms with Crippen molar-refractivity contribution < 1.29 is 18.0 Å². The predicted molar refractivity (Wildman–Crippen MR) is 91.5 cm³/mol. The summed E-state index contributed by atoms with van der Waals surface area (Å²) in [5, 5.41) is 10.3. The number of halogens is 1. The molecule has 0 heterocycles. The number of hydrogen-bond acceptors (Lipinski definition) is 4. The molecule has 0 radical (unpaired) electrons. The standard InChI is InChI=1S/C15H14ClN3O4S/c1-9(20)18-10-2-4-11(5-3-10)19-15(21)13-8-12(24(17,22)23)6-7-14(13)16/h2-8H,1H3,(H,18,20)(H,19,21)(H2,17,22,23). The van der Waals surface area contributed by atoms with E-state index in [0.717, 1.165) is 6.07 Å². The van der Waals surface area contributed by atoms with Gasteiger partial charge < -0.3 is 10.6 Å². The average Bonchev–Trinajstić information content (AvgIpc) is 2.48. The van der Waals surface area contributed by atoms with E-state index in [1.807, 2.05) is 0 Å². The van der Waals surface area contributed by atoms with Crippen molar-refractivity contribution in [2.45, 2.75) is 11.8 Å². The van der Waals surface area contributed by atoms with Crippen LogP contribution in [0.2, 0.25) is 5.02 Å². The monoisotopic (exact) mass is 367 g/mol. The van der Waals surface area contributed by atoms with Gasteiger partial charge in [-0.1, -0.05) is 11.6 Å². The smallest absolute Gasteiger partial charge is 0.257 e. The van der Waals surface area contributed by atoms with E-state index in [0.29, 0.717) is 11.4 Å². The van der Waals surface area contributed by atoms with Crippen molar-refractivity contribution in [3.8, 4) is 0 Å². The summed E-state index contributed by atoms with van der Waals surface area (Å²) in [4.78, 5) is 23.0. The van der Waals surface area contributed by atoms with Crippen LogP contribution < -0.4 is 15.8 Å². The van der Waals surface area contributed by atoms with Crippen LogP contribution in [0.25, 0.3) is 0 Å². The van der Waals surface area contributed by atoms with E-state index in [1.165, 1.54) is 19.1 Å². The minimum absolute atomic E-state index is 0.0193. The molecule has 0 aliphatic carbocycles. The van der Waals surface area contributed by atoms with Crippen molar-refractivity contribution in [3.05, 3.63) is 53.1 Å². The molecule has 2 rings (SSSR count). The van der Waals surface area contributed by atoms with Crippen LogP contribution in [-0.2, 0) is 14.8 Å². The number of sulfonamides is 1. The van der Waals surface area contributed by atoms with Gasteiger partial charge in [-0.05, 0) is 42.5 Å². The van der Waals surface area contributed by atoms with E-state index >= 15 is 0 Å². The summed E-state index contributed by atoms with van der Waals surface area (Å²) in [6.07, 6.45) is 0. The molecule has 0 bridgehead atoms. The maximum Gasteiger partial charge on any atom is 0.257 e. The number of rotatable bonds is 4. The summed E-state index contributed by atoms with van der Waals surface area (Å²) in [6.45, 7) is 1.39. The molecular weight excluding hydrogens is 354 g/mol. The van der Waals surface area contributed by atoms with E-state index in [4.69, 9.17) is 16.7 Å². The number of benzene rings is 2. The molecule has 0 atom stereocenters. The Morgan fingerprint density at radius 1 is 1.00 bits per heavy atom. The lowest BCUT2D eigenvalue weighted by molar-refractivity contribution is -0.114. The molecule has 0 saturated carbocycles. The summed E-state index contributed by atoms with van der Waals surface area (Å²) >= 11 is 5.95. The number of carbonyl (C=O) groups excluding carboxylic acids is 2. The first-order valence-corrected chi connectivity index (χ1v) is 8.60. The minimum atomic E-state index is -3.94. The minimum Gasteiger partial charge on any atom is -0.326 e. The van der Waals surface area contributed by atoms with Crippen LogP contribution >= 0.6 is 11.6 Å². The molecule has 0 unspecified atom stereocenters. The zero-order valence-electron chi connectivity index (χ0n) is 12.5. The van der Waals surface area contributed by atoms with Crippen LogP contribution in [0.3, 0.4) is 0 Å². The fraction of sp³-hybridized carbons (Fsp3) is 0.0667. The maximum atomic E-state index is 12.3. The molecule has 4 N–H and O–H groups in total. The lowest BCUT2D eigenvalue weighted by Crippen LogP contribution is -2.16. The molecule has 2 aromatic rings. The van der Waals surface area contributed by atoms with Crippen molar-refractivity contribution >= 4 is 44.8 Å². The molecule has 0 fully saturated rings. The van der Waals surface area contributed by atoms with Crippen molar-refractivity contribution in [2.24, 2.45) is 5.14 Å². The van der Waals surface area contributed by atoms with Crippen molar-refractivity contribution in [3.63, 3.8) is 0 Å². The Morgan fingerprint density at radius 3 is 2.04 bits per heavy atom. The van der Waals surface area contributed by atoms with E-state index in [2.05, 4.69) is 10.6 Å². The molecule has 7 nitrogen and oxygen atoms in total. The third kappa shape index (κ3) is 4.54. The van der Waals surface area contributed by atoms with Crippen LogP contribution in [0.15, 0.2) is 47.4 Å². The molecule has 0 aromatic heterocycles. The van der Waals surface area contributed by atoms with Crippen LogP contribution in [0.4, 0.5) is 11.4 Å². The van der Waals surface area contributed by atoms with E-state index in [-0.39, 0.29) is 21.4 Å². The molecule has 24 heavy (non-hydrogen) atoms. The summed E-state index contributed by atoms with van der Waals surface area (Å²) in [6, 6.07) is 10.0. The second-order valence-corrected chi connectivity index (χ2v) is 6.87. The summed E-state index contributed by atoms with van der Waals surface area (Å²) in [5.41, 5.74) is 1.01. The van der Waals surface area contributed by atoms with Crippen molar-refractivity contribution in [1.82, 2.24) is 0 Å². The van der Waals surface area contributed by atoms with E-state index < -0.39 is 15.9 Å². The number of nitrogens with two attached hydrogens (primary N) is 1. The Balaban J connectivity index is 2.22. The van der Waals surface area contributed by atoms with Crippen molar-refractivity contribution in [1.29, 1.82) is 0 Å². The van der Waals surface area contributed by atoms with Crippen molar-refractivity contribution in [2.75, 3.05) is 10.6 Å². The molecule has 0 aliphatic rings.